The van der Waals surface area contributed by atoms with Gasteiger partial charge in [-0.2, -0.15) is 4.31 Å². The molecule has 20 heavy (non-hydrogen) atoms. The molecule has 8 heteroatoms. The molecule has 2 aromatic rings. The van der Waals surface area contributed by atoms with Gasteiger partial charge in [-0.15, -0.1) is 11.3 Å². The van der Waals surface area contributed by atoms with Crippen molar-refractivity contribution in [2.24, 2.45) is 5.73 Å². The van der Waals surface area contributed by atoms with E-state index in [1.165, 1.54) is 27.9 Å². The first-order chi connectivity index (χ1) is 9.43. The maximum absolute atomic E-state index is 12.4. The molecule has 0 atom stereocenters. The van der Waals surface area contributed by atoms with Gasteiger partial charge >= 0.3 is 0 Å². The minimum absolute atomic E-state index is 0.0338. The Hall–Kier alpha value is -0.800. The lowest BCUT2D eigenvalue weighted by atomic mass is 10.3. The summed E-state index contributed by atoms with van der Waals surface area (Å²) in [5, 5.41) is 1.95. The first-order valence-corrected chi connectivity index (χ1v) is 8.89. The molecule has 0 spiro atoms. The number of nitrogens with zero attached hydrogens (tertiary/aromatic N) is 2. The van der Waals surface area contributed by atoms with E-state index in [0.29, 0.717) is 13.1 Å². The third-order valence-corrected chi connectivity index (χ3v) is 6.01. The van der Waals surface area contributed by atoms with Gasteiger partial charge in [0.2, 0.25) is 0 Å². The van der Waals surface area contributed by atoms with Crippen molar-refractivity contribution < 1.29 is 8.42 Å². The molecule has 2 heterocycles. The van der Waals surface area contributed by atoms with Gasteiger partial charge in [-0.05, 0) is 44.6 Å². The highest BCUT2D eigenvalue weighted by Gasteiger charge is 2.22. The Morgan fingerprint density at radius 1 is 1.40 bits per heavy atom. The lowest BCUT2D eigenvalue weighted by Gasteiger charge is -2.15. The molecule has 5 nitrogen and oxygen atoms in total. The van der Waals surface area contributed by atoms with Crippen LogP contribution in [-0.4, -0.2) is 24.8 Å². The maximum atomic E-state index is 12.4. The molecule has 0 unspecified atom stereocenters. The number of aromatic nitrogens is 1. The zero-order valence-corrected chi connectivity index (χ0v) is 14.0. The fourth-order valence-corrected chi connectivity index (χ4v) is 3.88. The van der Waals surface area contributed by atoms with Gasteiger partial charge < -0.3 is 5.73 Å². The number of halogens is 1. The summed E-state index contributed by atoms with van der Waals surface area (Å²) in [4.78, 5) is 3.97. The van der Waals surface area contributed by atoms with Gasteiger partial charge in [0, 0.05) is 26.3 Å². The molecule has 0 aromatic carbocycles. The van der Waals surface area contributed by atoms with Gasteiger partial charge in [0.15, 0.2) is 5.03 Å². The molecule has 0 radical (unpaired) electrons. The van der Waals surface area contributed by atoms with Crippen molar-refractivity contribution in [3.63, 3.8) is 0 Å². The lowest BCUT2D eigenvalue weighted by molar-refractivity contribution is 0.464. The monoisotopic (exact) mass is 375 g/mol. The first-order valence-electron chi connectivity index (χ1n) is 5.77. The number of nitrogens with two attached hydrogens (primary N) is 1. The summed E-state index contributed by atoms with van der Waals surface area (Å²) in [6, 6.07) is 5.06. The Kier molecular flexibility index (Phi) is 4.92. The number of hydrogen-bond acceptors (Lipinski definition) is 5. The normalized spacial score (nSPS) is 12.0. The highest BCUT2D eigenvalue weighted by Crippen LogP contribution is 2.23. The van der Waals surface area contributed by atoms with E-state index in [4.69, 9.17) is 5.73 Å². The van der Waals surface area contributed by atoms with Crippen LogP contribution >= 0.6 is 27.3 Å². The van der Waals surface area contributed by atoms with Crippen LogP contribution in [0.5, 0.6) is 0 Å². The van der Waals surface area contributed by atoms with E-state index in [1.807, 2.05) is 11.4 Å². The van der Waals surface area contributed by atoms with Gasteiger partial charge in [0.25, 0.3) is 10.0 Å². The summed E-state index contributed by atoms with van der Waals surface area (Å²) in [7, 11) is -2.04. The van der Waals surface area contributed by atoms with Gasteiger partial charge in [-0.25, -0.2) is 13.4 Å². The predicted octanol–water partition coefficient (Wildman–Crippen LogP) is 2.18. The molecule has 0 bridgehead atoms. The van der Waals surface area contributed by atoms with Gasteiger partial charge in [0.1, 0.15) is 0 Å². The van der Waals surface area contributed by atoms with Crippen molar-refractivity contribution in [3.05, 3.63) is 44.7 Å². The zero-order valence-electron chi connectivity index (χ0n) is 10.8. The quantitative estimate of drug-likeness (QED) is 0.868. The summed E-state index contributed by atoms with van der Waals surface area (Å²) in [6.45, 7) is 0.650. The molecule has 0 amide bonds. The van der Waals surface area contributed by atoms with Crippen molar-refractivity contribution in [1.29, 1.82) is 0 Å². The number of rotatable bonds is 5. The molecule has 0 fully saturated rings. The first kappa shape index (κ1) is 15.6. The second kappa shape index (κ2) is 6.31. The molecular formula is C12H14BrN3O2S2. The molecule has 2 rings (SSSR count). The second-order valence-corrected chi connectivity index (χ2v) is 8.51. The SMILES string of the molecule is CN(Cc1csc(Br)c1)S(=O)(=O)c1ccc(CN)cn1. The summed E-state index contributed by atoms with van der Waals surface area (Å²) < 4.78 is 27.0. The molecule has 2 N–H and O–H groups in total. The van der Waals surface area contributed by atoms with Gasteiger partial charge in [-0.3, -0.25) is 0 Å². The average Bonchev–Trinajstić information content (AvgIpc) is 2.84. The van der Waals surface area contributed by atoms with Gasteiger partial charge in [-0.1, -0.05) is 6.07 Å². The Balaban J connectivity index is 2.19. The van der Waals surface area contributed by atoms with E-state index in [1.54, 1.807) is 13.1 Å². The van der Waals surface area contributed by atoms with Gasteiger partial charge in [0.05, 0.1) is 3.79 Å². The summed E-state index contributed by atoms with van der Waals surface area (Å²) >= 11 is 4.88. The van der Waals surface area contributed by atoms with Crippen LogP contribution in [0.15, 0.2) is 38.6 Å². The Morgan fingerprint density at radius 3 is 2.65 bits per heavy atom. The number of pyridine rings is 1. The minimum atomic E-state index is -3.58. The fraction of sp³-hybridized carbons (Fsp3) is 0.250. The molecular weight excluding hydrogens is 362 g/mol. The van der Waals surface area contributed by atoms with Crippen molar-refractivity contribution in [1.82, 2.24) is 9.29 Å². The van der Waals surface area contributed by atoms with Crippen LogP contribution in [0.3, 0.4) is 0 Å². The van der Waals surface area contributed by atoms with Crippen LogP contribution in [0.4, 0.5) is 0 Å². The Labute approximate surface area is 130 Å². The second-order valence-electron chi connectivity index (χ2n) is 4.23. The predicted molar refractivity (Wildman–Crippen MR) is 82.8 cm³/mol. The molecule has 108 valence electrons. The van der Waals surface area contributed by atoms with Crippen LogP contribution in [-0.2, 0) is 23.1 Å². The van der Waals surface area contributed by atoms with Crippen LogP contribution in [0.1, 0.15) is 11.1 Å². The average molecular weight is 376 g/mol. The smallest absolute Gasteiger partial charge is 0.260 e. The van der Waals surface area contributed by atoms with Crippen LogP contribution in [0.2, 0.25) is 0 Å². The molecule has 0 saturated heterocycles. The van der Waals surface area contributed by atoms with Crippen molar-refractivity contribution in [3.8, 4) is 0 Å². The molecule has 2 aromatic heterocycles. The third-order valence-electron chi connectivity index (χ3n) is 2.73. The number of hydrogen-bond donors (Lipinski definition) is 1. The Morgan fingerprint density at radius 2 is 2.15 bits per heavy atom. The van der Waals surface area contributed by atoms with E-state index in [9.17, 15) is 8.42 Å². The highest BCUT2D eigenvalue weighted by atomic mass is 79.9. The van der Waals surface area contributed by atoms with Crippen molar-refractivity contribution in [2.75, 3.05) is 7.05 Å². The van der Waals surface area contributed by atoms with Crippen molar-refractivity contribution >= 4 is 37.3 Å². The molecule has 0 aliphatic rings. The van der Waals surface area contributed by atoms with E-state index < -0.39 is 10.0 Å². The van der Waals surface area contributed by atoms with E-state index >= 15 is 0 Å². The topological polar surface area (TPSA) is 76.3 Å². The zero-order chi connectivity index (χ0) is 14.8. The Bertz CT molecular complexity index is 683. The summed E-state index contributed by atoms with van der Waals surface area (Å²) in [5.74, 6) is 0. The van der Waals surface area contributed by atoms with Crippen LogP contribution in [0.25, 0.3) is 0 Å². The van der Waals surface area contributed by atoms with E-state index in [-0.39, 0.29) is 5.03 Å². The largest absolute Gasteiger partial charge is 0.326 e. The minimum Gasteiger partial charge on any atom is -0.326 e. The van der Waals surface area contributed by atoms with E-state index in [2.05, 4.69) is 20.9 Å². The highest BCUT2D eigenvalue weighted by molar-refractivity contribution is 9.11. The summed E-state index contributed by atoms with van der Waals surface area (Å²) in [6.07, 6.45) is 1.49. The molecule has 0 saturated carbocycles. The number of thiophene rings is 1. The fourth-order valence-electron chi connectivity index (χ4n) is 1.61. The van der Waals surface area contributed by atoms with Crippen LogP contribution in [0, 0.1) is 0 Å². The number of sulfonamides is 1. The van der Waals surface area contributed by atoms with E-state index in [0.717, 1.165) is 14.9 Å². The van der Waals surface area contributed by atoms with Crippen molar-refractivity contribution in [2.45, 2.75) is 18.1 Å². The third kappa shape index (κ3) is 3.44. The van der Waals surface area contributed by atoms with Crippen LogP contribution < -0.4 is 5.73 Å². The maximum Gasteiger partial charge on any atom is 0.260 e. The molecule has 0 aliphatic carbocycles. The summed E-state index contributed by atoms with van der Waals surface area (Å²) in [5.41, 5.74) is 7.21. The lowest BCUT2D eigenvalue weighted by Crippen LogP contribution is -2.27. The standard InChI is InChI=1S/C12H14BrN3O2S2/c1-16(7-10-4-11(13)19-8-10)20(17,18)12-3-2-9(5-14)6-15-12/h2-4,6,8H,5,7,14H2,1H3. The molecule has 0 aliphatic heterocycles.